The van der Waals surface area contributed by atoms with Gasteiger partial charge in [-0.3, -0.25) is 0 Å². The Balaban J connectivity index is 1.50. The third-order valence-corrected chi connectivity index (χ3v) is 5.36. The van der Waals surface area contributed by atoms with Gasteiger partial charge in [-0.1, -0.05) is 30.3 Å². The Labute approximate surface area is 159 Å². The van der Waals surface area contributed by atoms with Crippen LogP contribution < -0.4 is 4.90 Å². The molecule has 3 aromatic rings. The number of rotatable bonds is 6. The smallest absolute Gasteiger partial charge is 0.185 e. The van der Waals surface area contributed by atoms with E-state index in [2.05, 4.69) is 27.0 Å². The second kappa shape index (κ2) is 8.02. The number of aliphatic hydroxyl groups is 1. The summed E-state index contributed by atoms with van der Waals surface area (Å²) in [4.78, 5) is 4.71. The molecule has 1 aliphatic heterocycles. The highest BCUT2D eigenvalue weighted by Crippen LogP contribution is 2.23. The van der Waals surface area contributed by atoms with Gasteiger partial charge in [0.25, 0.3) is 0 Å². The van der Waals surface area contributed by atoms with E-state index in [4.69, 9.17) is 10.2 Å². The molecule has 1 fully saturated rings. The Morgan fingerprint density at radius 2 is 1.85 bits per heavy atom. The lowest BCUT2D eigenvalue weighted by molar-refractivity contribution is 0.184. The molecule has 0 spiro atoms. The molecular formula is C20H26N6O. The third-order valence-electron chi connectivity index (χ3n) is 5.36. The van der Waals surface area contributed by atoms with Gasteiger partial charge in [0.05, 0.1) is 0 Å². The van der Waals surface area contributed by atoms with Gasteiger partial charge in [0, 0.05) is 37.8 Å². The fourth-order valence-electron chi connectivity index (χ4n) is 3.75. The van der Waals surface area contributed by atoms with Crippen molar-refractivity contribution in [1.82, 2.24) is 24.7 Å². The van der Waals surface area contributed by atoms with Crippen molar-refractivity contribution < 1.29 is 5.11 Å². The average molecular weight is 366 g/mol. The molecule has 1 aliphatic rings. The molecule has 1 aromatic carbocycles. The van der Waals surface area contributed by atoms with E-state index in [9.17, 15) is 0 Å². The molecule has 4 rings (SSSR count). The van der Waals surface area contributed by atoms with Crippen molar-refractivity contribution in [2.24, 2.45) is 0 Å². The monoisotopic (exact) mass is 366 g/mol. The minimum atomic E-state index is 0.260. The number of piperidine rings is 1. The second-order valence-corrected chi connectivity index (χ2v) is 7.13. The minimum Gasteiger partial charge on any atom is -0.396 e. The molecule has 0 unspecified atom stereocenters. The zero-order chi connectivity index (χ0) is 18.6. The van der Waals surface area contributed by atoms with Gasteiger partial charge in [0.15, 0.2) is 11.5 Å². The molecule has 1 saturated heterocycles. The van der Waals surface area contributed by atoms with Crippen LogP contribution in [-0.2, 0) is 0 Å². The fourth-order valence-corrected chi connectivity index (χ4v) is 3.75. The van der Waals surface area contributed by atoms with Crippen molar-refractivity contribution in [3.05, 3.63) is 42.5 Å². The van der Waals surface area contributed by atoms with Crippen molar-refractivity contribution in [3.8, 4) is 11.4 Å². The van der Waals surface area contributed by atoms with E-state index in [-0.39, 0.29) is 6.61 Å². The highest BCUT2D eigenvalue weighted by molar-refractivity contribution is 5.59. The highest BCUT2D eigenvalue weighted by atomic mass is 16.3. The summed E-state index contributed by atoms with van der Waals surface area (Å²) < 4.78 is 1.84. The van der Waals surface area contributed by atoms with Gasteiger partial charge >= 0.3 is 0 Å². The van der Waals surface area contributed by atoms with E-state index < -0.39 is 0 Å². The first-order chi connectivity index (χ1) is 13.3. The predicted molar refractivity (Wildman–Crippen MR) is 106 cm³/mol. The molecule has 27 heavy (non-hydrogen) atoms. The van der Waals surface area contributed by atoms with E-state index in [1.165, 1.54) is 0 Å². The summed E-state index contributed by atoms with van der Waals surface area (Å²) in [6.45, 7) is 3.17. The average Bonchev–Trinajstić information content (AvgIpc) is 3.16. The molecule has 0 bridgehead atoms. The number of benzene rings is 1. The van der Waals surface area contributed by atoms with Gasteiger partial charge < -0.3 is 14.9 Å². The number of nitrogens with zero attached hydrogens (tertiary/aromatic N) is 6. The Morgan fingerprint density at radius 3 is 2.59 bits per heavy atom. The van der Waals surface area contributed by atoms with Crippen LogP contribution in [-0.4, -0.2) is 69.1 Å². The van der Waals surface area contributed by atoms with Crippen molar-refractivity contribution in [2.75, 3.05) is 38.2 Å². The minimum absolute atomic E-state index is 0.260. The van der Waals surface area contributed by atoms with Crippen molar-refractivity contribution in [3.63, 3.8) is 0 Å². The van der Waals surface area contributed by atoms with E-state index in [1.807, 2.05) is 47.0 Å². The van der Waals surface area contributed by atoms with E-state index in [0.717, 1.165) is 61.7 Å². The maximum absolute atomic E-state index is 9.02. The summed E-state index contributed by atoms with van der Waals surface area (Å²) in [5, 5.41) is 22.4. The Bertz CT molecular complexity index is 873. The summed E-state index contributed by atoms with van der Waals surface area (Å²) in [5.74, 6) is 1.74. The van der Waals surface area contributed by atoms with Crippen molar-refractivity contribution in [1.29, 1.82) is 0 Å². The van der Waals surface area contributed by atoms with Gasteiger partial charge in [-0.15, -0.1) is 15.3 Å². The standard InChI is InChI=1S/C20H26N6O/c1-24(12-5-15-27)17-10-13-25(14-11-17)19-9-8-18-21-22-20(26(18)23-19)16-6-3-2-4-7-16/h2-4,6-9,17,27H,5,10-15H2,1H3. The van der Waals surface area contributed by atoms with Crippen LogP contribution in [0.3, 0.4) is 0 Å². The van der Waals surface area contributed by atoms with Crippen LogP contribution in [0, 0.1) is 0 Å². The molecule has 0 radical (unpaired) electrons. The Kier molecular flexibility index (Phi) is 5.31. The number of fused-ring (bicyclic) bond motifs is 1. The summed E-state index contributed by atoms with van der Waals surface area (Å²) in [5.41, 5.74) is 1.77. The van der Waals surface area contributed by atoms with Gasteiger partial charge in [0.1, 0.15) is 5.82 Å². The molecule has 2 aromatic heterocycles. The maximum Gasteiger partial charge on any atom is 0.185 e. The SMILES string of the molecule is CN(CCCO)C1CCN(c2ccc3nnc(-c4ccccc4)n3n2)CC1. The topological polar surface area (TPSA) is 69.8 Å². The summed E-state index contributed by atoms with van der Waals surface area (Å²) >= 11 is 0. The van der Waals surface area contributed by atoms with Gasteiger partial charge in [0.2, 0.25) is 0 Å². The van der Waals surface area contributed by atoms with Gasteiger partial charge in [-0.2, -0.15) is 4.52 Å². The van der Waals surface area contributed by atoms with Crippen LogP contribution in [0.4, 0.5) is 5.82 Å². The maximum atomic E-state index is 9.02. The molecule has 1 N–H and O–H groups in total. The first kappa shape index (κ1) is 17.9. The van der Waals surface area contributed by atoms with Crippen molar-refractivity contribution in [2.45, 2.75) is 25.3 Å². The van der Waals surface area contributed by atoms with Gasteiger partial charge in [-0.25, -0.2) is 0 Å². The molecule has 0 saturated carbocycles. The molecule has 142 valence electrons. The lowest BCUT2D eigenvalue weighted by Gasteiger charge is -2.37. The fraction of sp³-hybridized carbons (Fsp3) is 0.450. The van der Waals surface area contributed by atoms with E-state index in [1.54, 1.807) is 0 Å². The normalized spacial score (nSPS) is 15.7. The first-order valence-electron chi connectivity index (χ1n) is 9.60. The van der Waals surface area contributed by atoms with Crippen LogP contribution in [0.2, 0.25) is 0 Å². The first-order valence-corrected chi connectivity index (χ1v) is 9.60. The highest BCUT2D eigenvalue weighted by Gasteiger charge is 2.23. The summed E-state index contributed by atoms with van der Waals surface area (Å²) in [6.07, 6.45) is 3.05. The number of anilines is 1. The summed E-state index contributed by atoms with van der Waals surface area (Å²) in [6, 6.07) is 14.6. The molecule has 7 heteroatoms. The lowest BCUT2D eigenvalue weighted by atomic mass is 10.0. The number of aliphatic hydroxyl groups excluding tert-OH is 1. The Hall–Kier alpha value is -2.51. The molecular weight excluding hydrogens is 340 g/mol. The van der Waals surface area contributed by atoms with Crippen LogP contribution in [0.1, 0.15) is 19.3 Å². The molecule has 3 heterocycles. The van der Waals surface area contributed by atoms with Crippen LogP contribution >= 0.6 is 0 Å². The van der Waals surface area contributed by atoms with Crippen molar-refractivity contribution >= 4 is 11.5 Å². The van der Waals surface area contributed by atoms with Gasteiger partial charge in [-0.05, 0) is 38.4 Å². The van der Waals surface area contributed by atoms with E-state index >= 15 is 0 Å². The van der Waals surface area contributed by atoms with Crippen LogP contribution in [0.15, 0.2) is 42.5 Å². The quantitative estimate of drug-likeness (QED) is 0.720. The largest absolute Gasteiger partial charge is 0.396 e. The number of hydrogen-bond acceptors (Lipinski definition) is 6. The zero-order valence-electron chi connectivity index (χ0n) is 15.7. The zero-order valence-corrected chi connectivity index (χ0v) is 15.7. The molecule has 0 aliphatic carbocycles. The molecule has 0 atom stereocenters. The third kappa shape index (κ3) is 3.79. The summed E-state index contributed by atoms with van der Waals surface area (Å²) in [7, 11) is 2.16. The van der Waals surface area contributed by atoms with E-state index in [0.29, 0.717) is 6.04 Å². The predicted octanol–water partition coefficient (Wildman–Crippen LogP) is 2.07. The second-order valence-electron chi connectivity index (χ2n) is 7.13. The number of hydrogen-bond donors (Lipinski definition) is 1. The molecule has 0 amide bonds. The number of aromatic nitrogens is 4. The Morgan fingerprint density at radius 1 is 1.07 bits per heavy atom. The molecule has 7 nitrogen and oxygen atoms in total. The van der Waals surface area contributed by atoms with Crippen LogP contribution in [0.25, 0.3) is 17.0 Å². The van der Waals surface area contributed by atoms with Crippen LogP contribution in [0.5, 0.6) is 0 Å². The lowest BCUT2D eigenvalue weighted by Crippen LogP contribution is -2.44.